The topological polar surface area (TPSA) is 58.5 Å². The van der Waals surface area contributed by atoms with Gasteiger partial charge >= 0.3 is 0 Å². The molecular weight excluding hydrogens is 324 g/mol. The number of benzene rings is 1. The number of hydrogen-bond donors (Lipinski definition) is 2. The number of rotatable bonds is 7. The Labute approximate surface area is 155 Å². The van der Waals surface area contributed by atoms with Crippen molar-refractivity contribution in [2.24, 2.45) is 4.99 Å². The highest BCUT2D eigenvalue weighted by molar-refractivity contribution is 5.80. The van der Waals surface area contributed by atoms with Crippen molar-refractivity contribution in [3.63, 3.8) is 0 Å². The molecule has 0 amide bonds. The lowest BCUT2D eigenvalue weighted by molar-refractivity contribution is 0.301. The third kappa shape index (κ3) is 5.76. The molecule has 2 aromatic rings. The van der Waals surface area contributed by atoms with Crippen LogP contribution in [0.5, 0.6) is 5.75 Å². The van der Waals surface area contributed by atoms with Crippen LogP contribution in [0.15, 0.2) is 53.7 Å². The summed E-state index contributed by atoms with van der Waals surface area (Å²) in [7, 11) is 0. The quantitative estimate of drug-likeness (QED) is 0.590. The average molecular weight is 352 g/mol. The van der Waals surface area contributed by atoms with Gasteiger partial charge in [-0.3, -0.25) is 4.98 Å². The highest BCUT2D eigenvalue weighted by atomic mass is 16.5. The first kappa shape index (κ1) is 18.2. The molecule has 0 radical (unpaired) electrons. The van der Waals surface area contributed by atoms with Crippen molar-refractivity contribution in [3.05, 3.63) is 59.9 Å². The summed E-state index contributed by atoms with van der Waals surface area (Å²) in [6.07, 6.45) is 6.88. The molecule has 1 aliphatic carbocycles. The Morgan fingerprint density at radius 1 is 1.19 bits per heavy atom. The normalized spacial score (nSPS) is 15.0. The van der Waals surface area contributed by atoms with E-state index in [0.717, 1.165) is 29.5 Å². The van der Waals surface area contributed by atoms with E-state index in [4.69, 9.17) is 9.73 Å². The Morgan fingerprint density at radius 3 is 2.85 bits per heavy atom. The molecule has 0 saturated heterocycles. The highest BCUT2D eigenvalue weighted by Gasteiger charge is 2.15. The summed E-state index contributed by atoms with van der Waals surface area (Å²) in [4.78, 5) is 9.01. The van der Waals surface area contributed by atoms with Gasteiger partial charge in [-0.15, -0.1) is 0 Å². The molecule has 2 N–H and O–H groups in total. The van der Waals surface area contributed by atoms with Gasteiger partial charge in [0.25, 0.3) is 0 Å². The van der Waals surface area contributed by atoms with Gasteiger partial charge in [-0.1, -0.05) is 31.0 Å². The second-order valence-corrected chi connectivity index (χ2v) is 6.58. The van der Waals surface area contributed by atoms with Gasteiger partial charge in [-0.2, -0.15) is 0 Å². The van der Waals surface area contributed by atoms with Crippen LogP contribution in [0, 0.1) is 0 Å². The van der Waals surface area contributed by atoms with Gasteiger partial charge in [-0.05, 0) is 49.6 Å². The van der Waals surface area contributed by atoms with E-state index in [2.05, 4.69) is 28.6 Å². The molecule has 0 unspecified atom stereocenters. The minimum absolute atomic E-state index is 0.472. The zero-order chi connectivity index (χ0) is 18.0. The molecule has 1 aliphatic rings. The van der Waals surface area contributed by atoms with Crippen LogP contribution < -0.4 is 15.4 Å². The van der Waals surface area contributed by atoms with Crippen LogP contribution in [-0.2, 0) is 13.2 Å². The number of aromatic nitrogens is 1. The second kappa shape index (κ2) is 9.80. The van der Waals surface area contributed by atoms with Gasteiger partial charge in [0, 0.05) is 18.8 Å². The van der Waals surface area contributed by atoms with Crippen molar-refractivity contribution in [1.29, 1.82) is 0 Å². The molecule has 0 atom stereocenters. The number of aliphatic imine (C=N–C) groups is 1. The van der Waals surface area contributed by atoms with Crippen molar-refractivity contribution in [2.45, 2.75) is 51.8 Å². The maximum atomic E-state index is 5.85. The lowest BCUT2D eigenvalue weighted by Gasteiger charge is -2.16. The van der Waals surface area contributed by atoms with Gasteiger partial charge in [0.05, 0.1) is 12.2 Å². The smallest absolute Gasteiger partial charge is 0.191 e. The summed E-state index contributed by atoms with van der Waals surface area (Å²) in [5.41, 5.74) is 2.05. The number of nitrogens with zero attached hydrogens (tertiary/aromatic N) is 2. The molecule has 0 bridgehead atoms. The third-order valence-corrected chi connectivity index (χ3v) is 4.47. The van der Waals surface area contributed by atoms with E-state index in [0.29, 0.717) is 19.2 Å². The van der Waals surface area contributed by atoms with Crippen LogP contribution in [0.3, 0.4) is 0 Å². The summed E-state index contributed by atoms with van der Waals surface area (Å²) in [6.45, 7) is 4.06. The predicted molar refractivity (Wildman–Crippen MR) is 105 cm³/mol. The van der Waals surface area contributed by atoms with Crippen LogP contribution in [-0.4, -0.2) is 23.5 Å². The van der Waals surface area contributed by atoms with E-state index >= 15 is 0 Å². The molecule has 26 heavy (non-hydrogen) atoms. The summed E-state index contributed by atoms with van der Waals surface area (Å²) in [5.74, 6) is 1.75. The molecule has 0 aliphatic heterocycles. The Bertz CT molecular complexity index is 696. The van der Waals surface area contributed by atoms with Gasteiger partial charge in [0.1, 0.15) is 12.4 Å². The SMILES string of the molecule is CCNC(=NCc1cccc(OCc2ccccn2)c1)NC1CCCC1. The molecule has 1 heterocycles. The Balaban J connectivity index is 1.57. The van der Waals surface area contributed by atoms with Gasteiger partial charge in [0.15, 0.2) is 5.96 Å². The number of ether oxygens (including phenoxy) is 1. The predicted octanol–water partition coefficient (Wildman–Crippen LogP) is 3.66. The second-order valence-electron chi connectivity index (χ2n) is 6.58. The molecule has 1 aromatic carbocycles. The molecule has 138 valence electrons. The zero-order valence-corrected chi connectivity index (χ0v) is 15.4. The fourth-order valence-electron chi connectivity index (χ4n) is 3.13. The van der Waals surface area contributed by atoms with Gasteiger partial charge < -0.3 is 15.4 Å². The van der Waals surface area contributed by atoms with E-state index in [1.807, 2.05) is 36.4 Å². The van der Waals surface area contributed by atoms with Crippen LogP contribution in [0.25, 0.3) is 0 Å². The molecule has 1 aromatic heterocycles. The van der Waals surface area contributed by atoms with E-state index in [1.54, 1.807) is 6.20 Å². The zero-order valence-electron chi connectivity index (χ0n) is 15.4. The average Bonchev–Trinajstić information content (AvgIpc) is 3.19. The molecule has 1 fully saturated rings. The first-order valence-electron chi connectivity index (χ1n) is 9.50. The Kier molecular flexibility index (Phi) is 6.88. The molecular formula is C21H28N4O. The van der Waals surface area contributed by atoms with Crippen molar-refractivity contribution in [3.8, 4) is 5.75 Å². The molecule has 0 spiro atoms. The molecule has 1 saturated carbocycles. The van der Waals surface area contributed by atoms with Crippen molar-refractivity contribution in [2.75, 3.05) is 6.54 Å². The molecule has 5 nitrogen and oxygen atoms in total. The van der Waals surface area contributed by atoms with E-state index in [-0.39, 0.29) is 0 Å². The lowest BCUT2D eigenvalue weighted by Crippen LogP contribution is -2.42. The third-order valence-electron chi connectivity index (χ3n) is 4.47. The summed E-state index contributed by atoms with van der Waals surface area (Å²) in [6, 6.07) is 14.5. The number of nitrogens with one attached hydrogen (secondary N) is 2. The summed E-state index contributed by atoms with van der Waals surface area (Å²) in [5, 5.41) is 6.89. The van der Waals surface area contributed by atoms with Crippen molar-refractivity contribution < 1.29 is 4.74 Å². The number of guanidine groups is 1. The minimum atomic E-state index is 0.472. The van der Waals surface area contributed by atoms with Crippen LogP contribution >= 0.6 is 0 Å². The molecule has 3 rings (SSSR count). The van der Waals surface area contributed by atoms with Gasteiger partial charge in [0.2, 0.25) is 0 Å². The van der Waals surface area contributed by atoms with Crippen LogP contribution in [0.2, 0.25) is 0 Å². The van der Waals surface area contributed by atoms with Crippen LogP contribution in [0.4, 0.5) is 0 Å². The standard InChI is InChI=1S/C21H28N4O/c1-2-22-21(25-18-9-3-4-10-18)24-15-17-8-7-12-20(14-17)26-16-19-11-5-6-13-23-19/h5-8,11-14,18H,2-4,9-10,15-16H2,1H3,(H2,22,24,25). The Hall–Kier alpha value is -2.56. The van der Waals surface area contributed by atoms with E-state index in [9.17, 15) is 0 Å². The maximum absolute atomic E-state index is 5.85. The monoisotopic (exact) mass is 352 g/mol. The molecule has 5 heteroatoms. The van der Waals surface area contributed by atoms with E-state index < -0.39 is 0 Å². The number of hydrogen-bond acceptors (Lipinski definition) is 3. The van der Waals surface area contributed by atoms with Crippen molar-refractivity contribution >= 4 is 5.96 Å². The van der Waals surface area contributed by atoms with E-state index in [1.165, 1.54) is 25.7 Å². The Morgan fingerprint density at radius 2 is 2.08 bits per heavy atom. The fourth-order valence-corrected chi connectivity index (χ4v) is 3.13. The number of pyridine rings is 1. The summed E-state index contributed by atoms with van der Waals surface area (Å²) >= 11 is 0. The van der Waals surface area contributed by atoms with Crippen LogP contribution in [0.1, 0.15) is 43.9 Å². The van der Waals surface area contributed by atoms with Crippen molar-refractivity contribution in [1.82, 2.24) is 15.6 Å². The first-order valence-corrected chi connectivity index (χ1v) is 9.50. The summed E-state index contributed by atoms with van der Waals surface area (Å²) < 4.78 is 5.85. The lowest BCUT2D eigenvalue weighted by atomic mass is 10.2. The first-order chi connectivity index (χ1) is 12.8. The fraction of sp³-hybridized carbons (Fsp3) is 0.429. The highest BCUT2D eigenvalue weighted by Crippen LogP contribution is 2.18. The largest absolute Gasteiger partial charge is 0.487 e. The van der Waals surface area contributed by atoms with Gasteiger partial charge in [-0.25, -0.2) is 4.99 Å². The minimum Gasteiger partial charge on any atom is -0.487 e. The maximum Gasteiger partial charge on any atom is 0.191 e.